The number of aliphatic hydroxyl groups excluding tert-OH is 1. The molecule has 1 aromatic rings. The molecule has 0 radical (unpaired) electrons. The monoisotopic (exact) mass is 319 g/mol. The molecule has 0 aromatic carbocycles. The molecule has 0 bridgehead atoms. The Morgan fingerprint density at radius 3 is 2.68 bits per heavy atom. The first-order valence-corrected chi connectivity index (χ1v) is 6.73. The van der Waals surface area contributed by atoms with Crippen molar-refractivity contribution in [2.75, 3.05) is 12.3 Å². The molecule has 2 unspecified atom stereocenters. The average molecular weight is 319 g/mol. The van der Waals surface area contributed by atoms with E-state index in [1.54, 1.807) is 20.8 Å². The number of nitrogens with zero attached hydrogens (tertiary/aromatic N) is 2. The third-order valence-corrected chi connectivity index (χ3v) is 3.11. The van der Waals surface area contributed by atoms with Crippen LogP contribution >= 0.6 is 0 Å². The maximum Gasteiger partial charge on any atom is 0.351 e. The van der Waals surface area contributed by atoms with Crippen molar-refractivity contribution in [3.05, 3.63) is 22.7 Å². The number of hydrogen-bond acceptors (Lipinski definition) is 6. The van der Waals surface area contributed by atoms with Crippen LogP contribution in [0.4, 0.5) is 14.6 Å². The summed E-state index contributed by atoms with van der Waals surface area (Å²) in [4.78, 5) is 15.2. The van der Waals surface area contributed by atoms with Crippen molar-refractivity contribution < 1.29 is 23.4 Å². The van der Waals surface area contributed by atoms with Gasteiger partial charge in [0.25, 0.3) is 0 Å². The molecule has 0 spiro atoms. The first-order chi connectivity index (χ1) is 10.1. The number of nitrogen functional groups attached to an aromatic ring is 1. The second-order valence-corrected chi connectivity index (χ2v) is 6.08. The highest BCUT2D eigenvalue weighted by Gasteiger charge is 2.61. The Balaban J connectivity index is 2.40. The van der Waals surface area contributed by atoms with Crippen molar-refractivity contribution in [2.45, 2.75) is 50.7 Å². The first-order valence-electron chi connectivity index (χ1n) is 6.73. The number of aliphatic hydroxyl groups is 1. The number of ether oxygens (including phenoxy) is 2. The largest absolute Gasteiger partial charge is 0.394 e. The predicted octanol–water partition coefficient (Wildman–Crippen LogP) is 0.534. The van der Waals surface area contributed by atoms with Gasteiger partial charge >= 0.3 is 11.6 Å². The van der Waals surface area contributed by atoms with Gasteiger partial charge in [-0.15, -0.1) is 0 Å². The van der Waals surface area contributed by atoms with Crippen LogP contribution in [0.15, 0.2) is 17.1 Å². The summed E-state index contributed by atoms with van der Waals surface area (Å²) in [5, 5.41) is 9.28. The minimum Gasteiger partial charge on any atom is -0.394 e. The number of rotatable bonds is 3. The summed E-state index contributed by atoms with van der Waals surface area (Å²) in [6, 6.07) is 1.22. The number of anilines is 1. The third kappa shape index (κ3) is 3.11. The molecule has 3 atom stereocenters. The van der Waals surface area contributed by atoms with Gasteiger partial charge in [-0.1, -0.05) is 0 Å². The molecule has 3 N–H and O–H groups in total. The summed E-state index contributed by atoms with van der Waals surface area (Å²) in [5.74, 6) is -3.61. The highest BCUT2D eigenvalue weighted by Crippen LogP contribution is 2.44. The van der Waals surface area contributed by atoms with Gasteiger partial charge in [-0.3, -0.25) is 4.57 Å². The van der Waals surface area contributed by atoms with Gasteiger partial charge in [0.05, 0.1) is 12.2 Å². The number of nitrogens with two attached hydrogens (primary N) is 1. The zero-order chi connectivity index (χ0) is 16.7. The van der Waals surface area contributed by atoms with Crippen LogP contribution in [-0.4, -0.2) is 45.0 Å². The van der Waals surface area contributed by atoms with Gasteiger partial charge < -0.3 is 20.3 Å². The number of aromatic nitrogens is 2. The van der Waals surface area contributed by atoms with E-state index in [2.05, 4.69) is 4.98 Å². The predicted molar refractivity (Wildman–Crippen MR) is 73.5 cm³/mol. The summed E-state index contributed by atoms with van der Waals surface area (Å²) < 4.78 is 40.4. The van der Waals surface area contributed by atoms with E-state index < -0.39 is 42.3 Å². The van der Waals surface area contributed by atoms with E-state index in [0.29, 0.717) is 4.57 Å². The van der Waals surface area contributed by atoms with Crippen LogP contribution < -0.4 is 11.4 Å². The minimum atomic E-state index is -3.53. The van der Waals surface area contributed by atoms with Gasteiger partial charge in [0.15, 0.2) is 6.10 Å². The quantitative estimate of drug-likeness (QED) is 0.843. The fourth-order valence-electron chi connectivity index (χ4n) is 2.25. The normalized spacial score (nSPS) is 28.0. The zero-order valence-corrected chi connectivity index (χ0v) is 12.5. The smallest absolute Gasteiger partial charge is 0.351 e. The average Bonchev–Trinajstić information content (AvgIpc) is 2.60. The van der Waals surface area contributed by atoms with E-state index in [0.717, 1.165) is 6.20 Å². The molecule has 2 heterocycles. The maximum atomic E-state index is 14.6. The van der Waals surface area contributed by atoms with Crippen LogP contribution in [0.3, 0.4) is 0 Å². The number of halogens is 2. The molecule has 1 fully saturated rings. The van der Waals surface area contributed by atoms with E-state index in [1.807, 2.05) is 0 Å². The van der Waals surface area contributed by atoms with Crippen LogP contribution in [0.2, 0.25) is 0 Å². The Bertz CT molecular complexity index is 600. The van der Waals surface area contributed by atoms with Crippen molar-refractivity contribution in [3.8, 4) is 0 Å². The molecular formula is C13H19F2N3O4. The van der Waals surface area contributed by atoms with E-state index in [4.69, 9.17) is 15.2 Å². The van der Waals surface area contributed by atoms with Gasteiger partial charge in [-0.05, 0) is 26.8 Å². The number of hydrogen-bond donors (Lipinski definition) is 2. The fraction of sp³-hybridized carbons (Fsp3) is 0.692. The molecule has 22 heavy (non-hydrogen) atoms. The van der Waals surface area contributed by atoms with Crippen LogP contribution in [0.25, 0.3) is 0 Å². The van der Waals surface area contributed by atoms with Crippen LogP contribution in [0, 0.1) is 0 Å². The molecule has 1 aliphatic rings. The van der Waals surface area contributed by atoms with E-state index in [1.165, 1.54) is 6.07 Å². The van der Waals surface area contributed by atoms with Gasteiger partial charge in [-0.2, -0.15) is 13.8 Å². The van der Waals surface area contributed by atoms with Gasteiger partial charge in [0.1, 0.15) is 11.9 Å². The standard InChI is InChI=1S/C13H19F2N3O4/c1-12(2,3)22-9-7(6-19)21-10(13(9,14)15)18-5-4-8(16)17-11(18)20/h4-5,7,9-10,19H,6H2,1-3H3,(H2,16,17,20)/t7?,9?,10-/m1/s1. The molecule has 7 nitrogen and oxygen atoms in total. The molecule has 0 saturated carbocycles. The molecule has 1 aromatic heterocycles. The summed E-state index contributed by atoms with van der Waals surface area (Å²) in [6.45, 7) is 4.18. The SMILES string of the molecule is CC(C)(C)OC1C(CO)O[C@@H](n2ccc(N)nc2=O)C1(F)F. The Hall–Kier alpha value is -1.58. The van der Waals surface area contributed by atoms with Crippen molar-refractivity contribution in [1.29, 1.82) is 0 Å². The first kappa shape index (κ1) is 16.8. The number of alkyl halides is 2. The lowest BCUT2D eigenvalue weighted by Gasteiger charge is -2.30. The summed E-state index contributed by atoms with van der Waals surface area (Å²) >= 11 is 0. The van der Waals surface area contributed by atoms with Crippen LogP contribution in [0.1, 0.15) is 27.0 Å². The van der Waals surface area contributed by atoms with E-state index in [9.17, 15) is 18.7 Å². The summed E-state index contributed by atoms with van der Waals surface area (Å²) in [6.07, 6.45) is -3.79. The lowest BCUT2D eigenvalue weighted by Crippen LogP contribution is -2.46. The highest BCUT2D eigenvalue weighted by molar-refractivity contribution is 5.23. The molecule has 1 aliphatic heterocycles. The van der Waals surface area contributed by atoms with E-state index in [-0.39, 0.29) is 5.82 Å². The summed E-state index contributed by atoms with van der Waals surface area (Å²) in [7, 11) is 0. The van der Waals surface area contributed by atoms with Crippen LogP contribution in [0.5, 0.6) is 0 Å². The minimum absolute atomic E-state index is 0.0798. The van der Waals surface area contributed by atoms with Crippen molar-refractivity contribution in [3.63, 3.8) is 0 Å². The van der Waals surface area contributed by atoms with Gasteiger partial charge in [0.2, 0.25) is 6.23 Å². The Morgan fingerprint density at radius 1 is 1.55 bits per heavy atom. The Morgan fingerprint density at radius 2 is 2.18 bits per heavy atom. The molecule has 0 aliphatic carbocycles. The van der Waals surface area contributed by atoms with Crippen LogP contribution in [-0.2, 0) is 9.47 Å². The molecule has 124 valence electrons. The highest BCUT2D eigenvalue weighted by atomic mass is 19.3. The maximum absolute atomic E-state index is 14.6. The lowest BCUT2D eigenvalue weighted by atomic mass is 10.1. The lowest BCUT2D eigenvalue weighted by molar-refractivity contribution is -0.184. The Labute approximate surface area is 125 Å². The molecule has 9 heteroatoms. The third-order valence-electron chi connectivity index (χ3n) is 3.11. The topological polar surface area (TPSA) is 99.6 Å². The second-order valence-electron chi connectivity index (χ2n) is 6.08. The zero-order valence-electron chi connectivity index (χ0n) is 12.5. The molecular weight excluding hydrogens is 300 g/mol. The fourth-order valence-corrected chi connectivity index (χ4v) is 2.25. The second kappa shape index (κ2) is 5.56. The van der Waals surface area contributed by atoms with Crippen molar-refractivity contribution in [2.24, 2.45) is 0 Å². The van der Waals surface area contributed by atoms with Gasteiger partial charge in [-0.25, -0.2) is 4.79 Å². The molecule has 0 amide bonds. The summed E-state index contributed by atoms with van der Waals surface area (Å²) in [5.41, 5.74) is 3.51. The van der Waals surface area contributed by atoms with Crippen molar-refractivity contribution in [1.82, 2.24) is 9.55 Å². The molecule has 1 saturated heterocycles. The Kier molecular flexibility index (Phi) is 4.24. The van der Waals surface area contributed by atoms with Gasteiger partial charge in [0, 0.05) is 6.20 Å². The van der Waals surface area contributed by atoms with E-state index >= 15 is 0 Å². The van der Waals surface area contributed by atoms with Crippen molar-refractivity contribution >= 4 is 5.82 Å². The molecule has 2 rings (SSSR count).